The van der Waals surface area contributed by atoms with Crippen molar-refractivity contribution in [3.63, 3.8) is 0 Å². The zero-order chi connectivity index (χ0) is 5.98. The van der Waals surface area contributed by atoms with Crippen LogP contribution in [0.5, 0.6) is 0 Å². The molecule has 0 saturated heterocycles. The molecule has 1 rings (SSSR count). The van der Waals surface area contributed by atoms with Crippen LogP contribution >= 0.6 is 0 Å². The number of rotatable bonds is 0. The summed E-state index contributed by atoms with van der Waals surface area (Å²) in [7, 11) is 0. The average Bonchev–Trinajstić information content (AvgIpc) is 1.64. The zero-order valence-corrected chi connectivity index (χ0v) is 3.94. The summed E-state index contributed by atoms with van der Waals surface area (Å²) in [6.07, 6.45) is 0.887. The Morgan fingerprint density at radius 2 is 2.38 bits per heavy atom. The second-order valence-corrected chi connectivity index (χ2v) is 1.30. The van der Waals surface area contributed by atoms with Gasteiger partial charge in [-0.3, -0.25) is 5.43 Å². The highest BCUT2D eigenvalue weighted by Crippen LogP contribution is 1.93. The number of alkyl halides is 1. The van der Waals surface area contributed by atoms with E-state index in [-0.39, 0.29) is 5.34 Å². The third kappa shape index (κ3) is 1.14. The first kappa shape index (κ1) is 5.46. The molecular weight excluding hydrogens is 116 g/mol. The summed E-state index contributed by atoms with van der Waals surface area (Å²) < 4.78 is 23.7. The minimum atomic E-state index is -1.43. The maximum Gasteiger partial charge on any atom is 0.187 e. The predicted octanol–water partition coefficient (Wildman–Crippen LogP) is 0.00500. The first-order valence-electron chi connectivity index (χ1n) is 2.08. The maximum atomic E-state index is 11.9. The quantitative estimate of drug-likeness (QED) is 0.349. The van der Waals surface area contributed by atoms with Crippen LogP contribution in [0.4, 0.5) is 8.87 Å². The van der Waals surface area contributed by atoms with E-state index in [9.17, 15) is 8.87 Å². The molecule has 8 heavy (non-hydrogen) atoms. The normalized spacial score (nSPS) is 30.0. The van der Waals surface area contributed by atoms with Gasteiger partial charge >= 0.3 is 0 Å². The van der Waals surface area contributed by atoms with Gasteiger partial charge in [-0.05, 0) is 6.08 Å². The third-order valence-corrected chi connectivity index (χ3v) is 0.690. The van der Waals surface area contributed by atoms with Crippen molar-refractivity contribution in [1.82, 2.24) is 16.2 Å². The standard InChI is InChI=1S/C3H5F2N3/c4-3-1-2-6-8(5)7-3/h1-3,6-7H. The molecule has 3 nitrogen and oxygen atoms in total. The average molecular weight is 121 g/mol. The minimum Gasteiger partial charge on any atom is -0.285 e. The smallest absolute Gasteiger partial charge is 0.187 e. The van der Waals surface area contributed by atoms with Gasteiger partial charge in [0.25, 0.3) is 0 Å². The molecule has 0 amide bonds. The molecule has 0 aromatic rings. The van der Waals surface area contributed by atoms with E-state index in [1.165, 1.54) is 6.20 Å². The van der Waals surface area contributed by atoms with E-state index in [4.69, 9.17) is 0 Å². The van der Waals surface area contributed by atoms with E-state index >= 15 is 0 Å². The van der Waals surface area contributed by atoms with Crippen LogP contribution in [0.1, 0.15) is 0 Å². The first-order chi connectivity index (χ1) is 3.79. The van der Waals surface area contributed by atoms with E-state index in [2.05, 4.69) is 0 Å². The van der Waals surface area contributed by atoms with E-state index in [0.717, 1.165) is 6.08 Å². The van der Waals surface area contributed by atoms with Crippen LogP contribution in [0.3, 0.4) is 0 Å². The second-order valence-electron chi connectivity index (χ2n) is 1.30. The summed E-state index contributed by atoms with van der Waals surface area (Å²) in [4.78, 5) is 0. The van der Waals surface area contributed by atoms with E-state index in [1.54, 1.807) is 5.43 Å². The lowest BCUT2D eigenvalue weighted by Gasteiger charge is -2.17. The van der Waals surface area contributed by atoms with Gasteiger partial charge in [0.1, 0.15) is 0 Å². The van der Waals surface area contributed by atoms with Gasteiger partial charge in [-0.1, -0.05) is 4.48 Å². The molecule has 1 aliphatic rings. The fourth-order valence-electron chi connectivity index (χ4n) is 0.382. The summed E-state index contributed by atoms with van der Waals surface area (Å²) >= 11 is 0. The number of nitrogens with zero attached hydrogens (tertiary/aromatic N) is 1. The Morgan fingerprint density at radius 1 is 1.62 bits per heavy atom. The molecular formula is C3H5F2N3. The molecule has 0 aromatic carbocycles. The van der Waals surface area contributed by atoms with Crippen molar-refractivity contribution in [1.29, 1.82) is 0 Å². The Bertz CT molecular complexity index is 105. The Morgan fingerprint density at radius 3 is 2.75 bits per heavy atom. The van der Waals surface area contributed by atoms with Crippen LogP contribution in [0.15, 0.2) is 12.3 Å². The Balaban J connectivity index is 2.42. The molecule has 0 bridgehead atoms. The van der Waals surface area contributed by atoms with Crippen molar-refractivity contribution in [3.8, 4) is 0 Å². The number of hydrazine groups is 2. The highest BCUT2D eigenvalue weighted by atomic mass is 19.2. The van der Waals surface area contributed by atoms with Gasteiger partial charge in [0.15, 0.2) is 6.30 Å². The monoisotopic (exact) mass is 121 g/mol. The van der Waals surface area contributed by atoms with E-state index < -0.39 is 6.30 Å². The summed E-state index contributed by atoms with van der Waals surface area (Å²) in [6, 6.07) is 0. The van der Waals surface area contributed by atoms with Crippen LogP contribution in [0, 0.1) is 0 Å². The molecule has 0 fully saturated rings. The Hall–Kier alpha value is -0.680. The molecule has 1 aliphatic heterocycles. The molecule has 2 N–H and O–H groups in total. The van der Waals surface area contributed by atoms with Crippen molar-refractivity contribution in [2.75, 3.05) is 0 Å². The summed E-state index contributed by atoms with van der Waals surface area (Å²) in [5, 5.41) is -0.0509. The van der Waals surface area contributed by atoms with Gasteiger partial charge in [0, 0.05) is 11.5 Å². The largest absolute Gasteiger partial charge is 0.285 e. The maximum absolute atomic E-state index is 11.9. The van der Waals surface area contributed by atoms with Crippen LogP contribution in [-0.4, -0.2) is 11.6 Å². The Kier molecular flexibility index (Phi) is 1.40. The van der Waals surface area contributed by atoms with Gasteiger partial charge in [0.05, 0.1) is 0 Å². The van der Waals surface area contributed by atoms with Gasteiger partial charge in [0.2, 0.25) is 0 Å². The van der Waals surface area contributed by atoms with E-state index in [0.29, 0.717) is 0 Å². The number of halogens is 2. The predicted molar refractivity (Wildman–Crippen MR) is 23.3 cm³/mol. The molecule has 1 unspecified atom stereocenters. The molecule has 0 saturated carbocycles. The lowest BCUT2D eigenvalue weighted by molar-refractivity contribution is -0.101. The topological polar surface area (TPSA) is 27.3 Å². The summed E-state index contributed by atoms with van der Waals surface area (Å²) in [5.74, 6) is 0. The van der Waals surface area contributed by atoms with Crippen LogP contribution < -0.4 is 10.9 Å². The van der Waals surface area contributed by atoms with Crippen molar-refractivity contribution >= 4 is 0 Å². The molecule has 5 heteroatoms. The first-order valence-corrected chi connectivity index (χ1v) is 2.08. The van der Waals surface area contributed by atoms with Gasteiger partial charge in [-0.25, -0.2) is 4.39 Å². The fraction of sp³-hybridized carbons (Fsp3) is 0.333. The number of nitrogens with one attached hydrogen (secondary N) is 2. The molecule has 1 heterocycles. The molecule has 1 atom stereocenters. The lowest BCUT2D eigenvalue weighted by atomic mass is 10.6. The SMILES string of the molecule is FC1C=CNN(F)N1. The van der Waals surface area contributed by atoms with Crippen LogP contribution in [0.2, 0.25) is 0 Å². The second kappa shape index (κ2) is 2.06. The Labute approximate surface area is 44.8 Å². The van der Waals surface area contributed by atoms with Crippen molar-refractivity contribution in [2.45, 2.75) is 6.30 Å². The van der Waals surface area contributed by atoms with Gasteiger partial charge in [-0.15, -0.1) is 0 Å². The highest BCUT2D eigenvalue weighted by molar-refractivity contribution is 4.86. The van der Waals surface area contributed by atoms with Gasteiger partial charge < -0.3 is 0 Å². The highest BCUT2D eigenvalue weighted by Gasteiger charge is 2.09. The van der Waals surface area contributed by atoms with Gasteiger partial charge in [-0.2, -0.15) is 5.43 Å². The number of hydrogen-bond donors (Lipinski definition) is 2. The van der Waals surface area contributed by atoms with Crippen molar-refractivity contribution in [3.05, 3.63) is 12.3 Å². The van der Waals surface area contributed by atoms with Crippen LogP contribution in [0.25, 0.3) is 0 Å². The minimum absolute atomic E-state index is 0.0509. The van der Waals surface area contributed by atoms with Crippen LogP contribution in [-0.2, 0) is 0 Å². The zero-order valence-electron chi connectivity index (χ0n) is 3.94. The number of hydrogen-bond acceptors (Lipinski definition) is 3. The summed E-state index contributed by atoms with van der Waals surface area (Å²) in [6.45, 7) is 0. The van der Waals surface area contributed by atoms with E-state index in [1.807, 2.05) is 5.43 Å². The molecule has 0 radical (unpaired) electrons. The fourth-order valence-corrected chi connectivity index (χ4v) is 0.382. The lowest BCUT2D eigenvalue weighted by Crippen LogP contribution is -2.46. The summed E-state index contributed by atoms with van der Waals surface area (Å²) in [5.41, 5.74) is 3.83. The van der Waals surface area contributed by atoms with Crippen molar-refractivity contribution in [2.24, 2.45) is 0 Å². The molecule has 0 aliphatic carbocycles. The third-order valence-electron chi connectivity index (χ3n) is 0.690. The molecule has 46 valence electrons. The molecule has 0 aromatic heterocycles. The molecule has 0 spiro atoms. The van der Waals surface area contributed by atoms with Crippen molar-refractivity contribution < 1.29 is 8.87 Å².